The Bertz CT molecular complexity index is 1350. The van der Waals surface area contributed by atoms with Crippen molar-refractivity contribution in [1.82, 2.24) is 20.5 Å². The molecule has 0 aliphatic heterocycles. The number of hydrogen-bond donors (Lipinski definition) is 3. The zero-order valence-corrected chi connectivity index (χ0v) is 26.3. The number of hydrogen-bond acceptors (Lipinski definition) is 5. The van der Waals surface area contributed by atoms with Gasteiger partial charge in [0, 0.05) is 0 Å². The molecule has 0 unspecified atom stereocenters. The predicted molar refractivity (Wildman–Crippen MR) is 163 cm³/mol. The number of H-pyrrole nitrogens is 1. The van der Waals surface area contributed by atoms with Gasteiger partial charge in [-0.05, 0) is 18.1 Å². The monoisotopic (exact) mass is 649 g/mol. The van der Waals surface area contributed by atoms with E-state index in [1.165, 1.54) is 45.9 Å². The Hall–Kier alpha value is -3.04. The molecule has 212 valence electrons. The molecule has 4 rings (SSSR count). The molecule has 6 nitrogen and oxygen atoms in total. The summed E-state index contributed by atoms with van der Waals surface area (Å²) in [5, 5.41) is 15.1. The zero-order valence-electron chi connectivity index (χ0n) is 24.2. The van der Waals surface area contributed by atoms with Crippen molar-refractivity contribution < 1.29 is 21.2 Å². The van der Waals surface area contributed by atoms with E-state index in [4.69, 9.17) is 0 Å². The van der Waals surface area contributed by atoms with Gasteiger partial charge in [-0.25, -0.2) is 0 Å². The summed E-state index contributed by atoms with van der Waals surface area (Å²) in [5.74, 6) is 0.747. The Kier molecular flexibility index (Phi) is 11.3. The van der Waals surface area contributed by atoms with Crippen LogP contribution in [0.5, 0.6) is 0 Å². The topological polar surface area (TPSA) is 78.0 Å². The molecule has 7 heteroatoms. The quantitative estimate of drug-likeness (QED) is 0.0598. The van der Waals surface area contributed by atoms with Gasteiger partial charge in [-0.15, -0.1) is 0 Å². The second-order valence-corrected chi connectivity index (χ2v) is 14.0. The predicted octanol–water partition coefficient (Wildman–Crippen LogP) is 4.03. The van der Waals surface area contributed by atoms with E-state index in [1.807, 2.05) is 42.9 Å². The van der Waals surface area contributed by atoms with E-state index in [1.54, 1.807) is 3.57 Å². The first-order valence-corrected chi connectivity index (χ1v) is 16.8. The first kappa shape index (κ1) is 29.9. The summed E-state index contributed by atoms with van der Waals surface area (Å²) in [6.45, 7) is 10.9. The van der Waals surface area contributed by atoms with Gasteiger partial charge in [-0.3, -0.25) is 5.43 Å². The van der Waals surface area contributed by atoms with Crippen molar-refractivity contribution in [2.45, 2.75) is 59.9 Å². The van der Waals surface area contributed by atoms with Gasteiger partial charge in [-0.1, -0.05) is 24.3 Å². The van der Waals surface area contributed by atoms with Gasteiger partial charge in [0.1, 0.15) is 0 Å². The van der Waals surface area contributed by atoms with Crippen LogP contribution in [-0.2, 0) is 13.0 Å². The summed E-state index contributed by atoms with van der Waals surface area (Å²) < 4.78 is 2.94. The number of alkyl halides is 1. The van der Waals surface area contributed by atoms with Crippen molar-refractivity contribution in [2.75, 3.05) is 16.4 Å². The average molecular weight is 650 g/mol. The number of nitrogens with zero attached hydrogens (tertiary/aromatic N) is 3. The number of aromatic amines is 1. The standard InChI is InChI=1S/C33H42IN6/c1-5-27-20-28(31-16-19-37-39-31)13-14-30(27)34-18-9-8-17-33(3,4)24-35-21-26-12-15-32(36-22-26)40-38-23-29-11-7-6-10-25(29)2/h6-7,10-16,19-20,22-23,35H,5,8-9,17-18,21,24H2,1-4H3,(H,36,40)(H,37,39)/q-1. The van der Waals surface area contributed by atoms with Crippen LogP contribution in [0.2, 0.25) is 0 Å². The molecule has 2 aromatic heterocycles. The van der Waals surface area contributed by atoms with Crippen LogP contribution in [0.1, 0.15) is 62.3 Å². The Balaban J connectivity index is 1.13. The summed E-state index contributed by atoms with van der Waals surface area (Å²) in [7, 11) is 0. The van der Waals surface area contributed by atoms with Gasteiger partial charge in [0.05, 0.1) is 6.21 Å². The fourth-order valence-corrected chi connectivity index (χ4v) is 7.52. The normalized spacial score (nSPS) is 11.9. The van der Waals surface area contributed by atoms with Gasteiger partial charge < -0.3 is 0 Å². The number of aryl methyl sites for hydroxylation is 2. The number of unbranched alkanes of at least 4 members (excludes halogenated alkanes) is 1. The van der Waals surface area contributed by atoms with Crippen LogP contribution in [0.15, 0.2) is 78.2 Å². The molecule has 0 aliphatic rings. The molecule has 4 aromatic rings. The molecular weight excluding hydrogens is 607 g/mol. The third-order valence-corrected chi connectivity index (χ3v) is 10.2. The number of pyridine rings is 1. The first-order valence-electron chi connectivity index (χ1n) is 14.2. The van der Waals surface area contributed by atoms with E-state index in [0.717, 1.165) is 36.6 Å². The van der Waals surface area contributed by atoms with Gasteiger partial charge in [0.25, 0.3) is 0 Å². The fraction of sp³-hybridized carbons (Fsp3) is 0.364. The van der Waals surface area contributed by atoms with E-state index < -0.39 is 0 Å². The van der Waals surface area contributed by atoms with Crippen molar-refractivity contribution >= 4 is 12.0 Å². The average Bonchev–Trinajstić information content (AvgIpc) is 3.50. The number of nitrogens with one attached hydrogen (secondary N) is 3. The number of hydrazone groups is 1. The van der Waals surface area contributed by atoms with Crippen molar-refractivity contribution in [1.29, 1.82) is 0 Å². The maximum atomic E-state index is 4.51. The van der Waals surface area contributed by atoms with Crippen molar-refractivity contribution in [3.05, 3.63) is 98.9 Å². The molecule has 0 radical (unpaired) electrons. The molecule has 0 bridgehead atoms. The van der Waals surface area contributed by atoms with Gasteiger partial charge in [0.15, 0.2) is 0 Å². The summed E-state index contributed by atoms with van der Waals surface area (Å²) >= 11 is 0.0528. The number of rotatable bonds is 15. The number of aromatic nitrogens is 3. The number of anilines is 1. The van der Waals surface area contributed by atoms with Crippen molar-refractivity contribution in [3.63, 3.8) is 0 Å². The van der Waals surface area contributed by atoms with Crippen LogP contribution in [0.4, 0.5) is 5.82 Å². The zero-order chi connectivity index (χ0) is 28.2. The van der Waals surface area contributed by atoms with Gasteiger partial charge >= 0.3 is 192 Å². The minimum absolute atomic E-state index is 0.0528. The third-order valence-electron chi connectivity index (χ3n) is 7.04. The molecule has 0 atom stereocenters. The molecule has 0 fully saturated rings. The number of halogens is 1. The molecule has 2 heterocycles. The summed E-state index contributed by atoms with van der Waals surface area (Å²) in [5.41, 5.74) is 10.6. The first-order chi connectivity index (χ1) is 19.4. The Labute approximate surface area is 249 Å². The Morgan fingerprint density at radius 3 is 2.67 bits per heavy atom. The Morgan fingerprint density at radius 2 is 1.93 bits per heavy atom. The van der Waals surface area contributed by atoms with Crippen LogP contribution in [-0.4, -0.2) is 32.4 Å². The Morgan fingerprint density at radius 1 is 1.05 bits per heavy atom. The molecule has 40 heavy (non-hydrogen) atoms. The molecule has 0 aliphatic carbocycles. The molecule has 0 amide bonds. The molecule has 0 saturated carbocycles. The van der Waals surface area contributed by atoms with E-state index in [-0.39, 0.29) is 26.6 Å². The van der Waals surface area contributed by atoms with E-state index >= 15 is 0 Å². The minimum atomic E-state index is 0.0528. The van der Waals surface area contributed by atoms with Crippen LogP contribution >= 0.6 is 0 Å². The van der Waals surface area contributed by atoms with Crippen LogP contribution < -0.4 is 31.9 Å². The van der Waals surface area contributed by atoms with Crippen LogP contribution in [0.3, 0.4) is 0 Å². The van der Waals surface area contributed by atoms with Crippen LogP contribution in [0.25, 0.3) is 11.3 Å². The molecular formula is C33H42IN6-. The summed E-state index contributed by atoms with van der Waals surface area (Å²) in [6.07, 6.45) is 10.5. The van der Waals surface area contributed by atoms with Crippen molar-refractivity contribution in [2.24, 2.45) is 10.5 Å². The number of benzene rings is 2. The second-order valence-electron chi connectivity index (χ2n) is 11.0. The van der Waals surface area contributed by atoms with Crippen LogP contribution in [0, 0.1) is 15.9 Å². The van der Waals surface area contributed by atoms with E-state index in [2.05, 4.69) is 95.1 Å². The SMILES string of the molecule is CCc1cc(-c2ccn[nH]2)ccc1[I-]CCCCC(C)(C)CNCc1ccc(NN=Cc2ccccc2C)nc1. The van der Waals surface area contributed by atoms with E-state index in [9.17, 15) is 0 Å². The summed E-state index contributed by atoms with van der Waals surface area (Å²) in [4.78, 5) is 4.51. The van der Waals surface area contributed by atoms with Gasteiger partial charge in [-0.2, -0.15) is 5.10 Å². The molecule has 0 spiro atoms. The molecule has 0 saturated heterocycles. The van der Waals surface area contributed by atoms with Crippen molar-refractivity contribution in [3.8, 4) is 11.3 Å². The summed E-state index contributed by atoms with van der Waals surface area (Å²) in [6, 6.07) is 21.3. The third kappa shape index (κ3) is 9.27. The molecule has 2 aromatic carbocycles. The van der Waals surface area contributed by atoms with Gasteiger partial charge in [0.2, 0.25) is 0 Å². The second kappa shape index (κ2) is 15.1. The molecule has 3 N–H and O–H groups in total. The fourth-order valence-electron chi connectivity index (χ4n) is 4.56. The maximum absolute atomic E-state index is 4.51. The van der Waals surface area contributed by atoms with E-state index in [0.29, 0.717) is 0 Å².